The third kappa shape index (κ3) is 3.84. The standard InChI is InChI=1S/C25H34N2O4/c1-24(30)19-10-18-11-20(24)14-25(12-18,13-19)22(28)26-21-8-5-9-27(15-21)23(29)31-16-17-6-3-2-4-7-17/h2-4,6-7,18-21,30H,5,8-16H2,1H3,(H,26,28)/t18?,19?,20?,21-,24?,25?/m0/s1. The van der Waals surface area contributed by atoms with Crippen molar-refractivity contribution in [3.63, 3.8) is 0 Å². The Kier molecular flexibility index (Phi) is 5.24. The smallest absolute Gasteiger partial charge is 0.410 e. The number of piperidine rings is 1. The van der Waals surface area contributed by atoms with Gasteiger partial charge in [0.25, 0.3) is 0 Å². The molecule has 1 aromatic carbocycles. The number of aliphatic hydroxyl groups is 1. The summed E-state index contributed by atoms with van der Waals surface area (Å²) in [4.78, 5) is 27.7. The minimum absolute atomic E-state index is 0.0287. The predicted molar refractivity (Wildman–Crippen MR) is 116 cm³/mol. The highest BCUT2D eigenvalue weighted by atomic mass is 16.6. The number of nitrogens with zero attached hydrogens (tertiary/aromatic N) is 1. The van der Waals surface area contributed by atoms with Gasteiger partial charge in [-0.1, -0.05) is 30.3 Å². The molecule has 2 N–H and O–H groups in total. The Hall–Kier alpha value is -2.08. The normalized spacial score (nSPS) is 38.7. The van der Waals surface area contributed by atoms with Crippen LogP contribution in [0.3, 0.4) is 0 Å². The number of hydrogen-bond acceptors (Lipinski definition) is 4. The largest absolute Gasteiger partial charge is 0.445 e. The lowest BCUT2D eigenvalue weighted by molar-refractivity contribution is -0.196. The Labute approximate surface area is 184 Å². The van der Waals surface area contributed by atoms with Crippen molar-refractivity contribution in [3.05, 3.63) is 35.9 Å². The van der Waals surface area contributed by atoms with Gasteiger partial charge < -0.3 is 20.1 Å². The van der Waals surface area contributed by atoms with Crippen molar-refractivity contribution in [3.8, 4) is 0 Å². The second kappa shape index (κ2) is 7.80. The first-order valence-corrected chi connectivity index (χ1v) is 11.8. The number of nitrogens with one attached hydrogen (secondary N) is 1. The topological polar surface area (TPSA) is 78.9 Å². The van der Waals surface area contributed by atoms with Crippen LogP contribution in [-0.4, -0.2) is 46.7 Å². The molecular formula is C25H34N2O4. The number of rotatable bonds is 4. The van der Waals surface area contributed by atoms with E-state index < -0.39 is 5.60 Å². The van der Waals surface area contributed by atoms with E-state index in [0.29, 0.717) is 19.0 Å². The molecule has 6 rings (SSSR count). The number of likely N-dealkylation sites (tertiary alicyclic amines) is 1. The van der Waals surface area contributed by atoms with Crippen LogP contribution in [0.1, 0.15) is 57.4 Å². The molecule has 6 nitrogen and oxygen atoms in total. The number of benzene rings is 1. The molecule has 1 aliphatic heterocycles. The maximum Gasteiger partial charge on any atom is 0.410 e. The van der Waals surface area contributed by atoms with Gasteiger partial charge in [0.15, 0.2) is 0 Å². The molecule has 5 aliphatic rings. The Morgan fingerprint density at radius 1 is 1.16 bits per heavy atom. The molecule has 6 heteroatoms. The second-order valence-corrected chi connectivity index (χ2v) is 10.6. The molecule has 31 heavy (non-hydrogen) atoms. The Morgan fingerprint density at radius 3 is 2.58 bits per heavy atom. The molecule has 4 aliphatic carbocycles. The fourth-order valence-electron chi connectivity index (χ4n) is 6.89. The minimum atomic E-state index is -0.620. The van der Waals surface area contributed by atoms with Crippen molar-refractivity contribution < 1.29 is 19.4 Å². The lowest BCUT2D eigenvalue weighted by atomic mass is 9.44. The minimum Gasteiger partial charge on any atom is -0.445 e. The Balaban J connectivity index is 1.18. The third-order valence-corrected chi connectivity index (χ3v) is 8.54. The first-order chi connectivity index (χ1) is 14.9. The van der Waals surface area contributed by atoms with E-state index in [1.54, 1.807) is 4.90 Å². The van der Waals surface area contributed by atoms with Gasteiger partial charge in [-0.25, -0.2) is 4.79 Å². The highest BCUT2D eigenvalue weighted by Crippen LogP contribution is 2.63. The highest BCUT2D eigenvalue weighted by Gasteiger charge is 2.62. The van der Waals surface area contributed by atoms with Gasteiger partial charge >= 0.3 is 6.09 Å². The van der Waals surface area contributed by atoms with Crippen LogP contribution in [0.25, 0.3) is 0 Å². The average molecular weight is 427 g/mol. The van der Waals surface area contributed by atoms with Crippen LogP contribution < -0.4 is 5.32 Å². The molecule has 2 amide bonds. The van der Waals surface area contributed by atoms with Crippen LogP contribution in [0.5, 0.6) is 0 Å². The Morgan fingerprint density at radius 2 is 1.87 bits per heavy atom. The zero-order chi connectivity index (χ0) is 21.6. The molecule has 4 bridgehead atoms. The average Bonchev–Trinajstić information content (AvgIpc) is 2.76. The molecule has 0 spiro atoms. The Bertz CT molecular complexity index is 821. The number of hydrogen-bond donors (Lipinski definition) is 2. The quantitative estimate of drug-likeness (QED) is 0.773. The summed E-state index contributed by atoms with van der Waals surface area (Å²) in [5, 5.41) is 14.2. The molecule has 4 saturated carbocycles. The van der Waals surface area contributed by atoms with Crippen molar-refractivity contribution in [2.75, 3.05) is 13.1 Å². The van der Waals surface area contributed by atoms with Gasteiger partial charge in [-0.05, 0) is 75.2 Å². The van der Waals surface area contributed by atoms with Gasteiger partial charge in [0.05, 0.1) is 11.0 Å². The van der Waals surface area contributed by atoms with Crippen LogP contribution in [0.4, 0.5) is 4.79 Å². The summed E-state index contributed by atoms with van der Waals surface area (Å²) in [5.74, 6) is 1.19. The van der Waals surface area contributed by atoms with E-state index in [0.717, 1.165) is 50.5 Å². The maximum atomic E-state index is 13.4. The third-order valence-electron chi connectivity index (χ3n) is 8.54. The highest BCUT2D eigenvalue weighted by molar-refractivity contribution is 5.83. The number of carbonyl (C=O) groups is 2. The van der Waals surface area contributed by atoms with E-state index >= 15 is 0 Å². The van der Waals surface area contributed by atoms with E-state index in [4.69, 9.17) is 4.74 Å². The molecule has 1 saturated heterocycles. The first kappa shape index (κ1) is 20.8. The molecule has 0 aromatic heterocycles. The van der Waals surface area contributed by atoms with E-state index in [1.165, 1.54) is 0 Å². The molecule has 1 aromatic rings. The predicted octanol–water partition coefficient (Wildman–Crippen LogP) is 3.48. The summed E-state index contributed by atoms with van der Waals surface area (Å²) in [6.07, 6.45) is 6.11. The van der Waals surface area contributed by atoms with E-state index in [-0.39, 0.29) is 41.9 Å². The molecule has 3 atom stereocenters. The van der Waals surface area contributed by atoms with E-state index in [2.05, 4.69) is 5.32 Å². The summed E-state index contributed by atoms with van der Waals surface area (Å²) in [5.41, 5.74) is 0.0232. The fourth-order valence-corrected chi connectivity index (χ4v) is 6.89. The lowest BCUT2D eigenvalue weighted by Crippen LogP contribution is -2.64. The van der Waals surface area contributed by atoms with E-state index in [9.17, 15) is 14.7 Å². The molecule has 0 radical (unpaired) electrons. The molecular weight excluding hydrogens is 392 g/mol. The summed E-state index contributed by atoms with van der Waals surface area (Å²) >= 11 is 0. The summed E-state index contributed by atoms with van der Waals surface area (Å²) in [7, 11) is 0. The monoisotopic (exact) mass is 426 g/mol. The number of ether oxygens (including phenoxy) is 1. The second-order valence-electron chi connectivity index (χ2n) is 10.6. The zero-order valence-corrected chi connectivity index (χ0v) is 18.4. The van der Waals surface area contributed by atoms with Gasteiger partial charge in [-0.3, -0.25) is 4.79 Å². The molecule has 1 heterocycles. The zero-order valence-electron chi connectivity index (χ0n) is 18.4. The van der Waals surface area contributed by atoms with Crippen LogP contribution >= 0.6 is 0 Å². The van der Waals surface area contributed by atoms with Crippen molar-refractivity contribution in [2.24, 2.45) is 23.2 Å². The number of amides is 2. The van der Waals surface area contributed by atoms with Gasteiger partial charge in [0.1, 0.15) is 6.61 Å². The molecule has 5 fully saturated rings. The van der Waals surface area contributed by atoms with Crippen molar-refractivity contribution >= 4 is 12.0 Å². The fraction of sp³-hybridized carbons (Fsp3) is 0.680. The summed E-state index contributed by atoms with van der Waals surface area (Å²) in [6.45, 7) is 3.41. The SMILES string of the molecule is CC1(O)C2CC3CC1CC(C(=O)N[C@H]1CCCN(C(=O)OCc4ccccc4)C1)(C3)C2. The lowest BCUT2D eigenvalue weighted by Gasteiger charge is -2.62. The van der Waals surface area contributed by atoms with Crippen LogP contribution in [0, 0.1) is 23.2 Å². The van der Waals surface area contributed by atoms with Gasteiger partial charge in [0, 0.05) is 19.1 Å². The summed E-state index contributed by atoms with van der Waals surface area (Å²) < 4.78 is 5.49. The van der Waals surface area contributed by atoms with Gasteiger partial charge in [-0.2, -0.15) is 0 Å². The first-order valence-electron chi connectivity index (χ1n) is 11.8. The van der Waals surface area contributed by atoms with Crippen molar-refractivity contribution in [2.45, 2.75) is 70.1 Å². The molecule has 2 unspecified atom stereocenters. The molecule has 168 valence electrons. The van der Waals surface area contributed by atoms with E-state index in [1.807, 2.05) is 37.3 Å². The van der Waals surface area contributed by atoms with Crippen molar-refractivity contribution in [1.82, 2.24) is 10.2 Å². The van der Waals surface area contributed by atoms with Crippen LogP contribution in [0.15, 0.2) is 30.3 Å². The number of carbonyl (C=O) groups excluding carboxylic acids is 2. The van der Waals surface area contributed by atoms with Crippen LogP contribution in [0.2, 0.25) is 0 Å². The van der Waals surface area contributed by atoms with Crippen LogP contribution in [-0.2, 0) is 16.1 Å². The van der Waals surface area contributed by atoms with Gasteiger partial charge in [0.2, 0.25) is 5.91 Å². The van der Waals surface area contributed by atoms with Crippen molar-refractivity contribution in [1.29, 1.82) is 0 Å². The maximum absolute atomic E-state index is 13.4. The van der Waals surface area contributed by atoms with Gasteiger partial charge in [-0.15, -0.1) is 0 Å². The summed E-state index contributed by atoms with van der Waals surface area (Å²) in [6, 6.07) is 9.65.